The number of nitrogens with one attached hydrogen (secondary N) is 1. The highest BCUT2D eigenvalue weighted by atomic mass is 32.2. The molecule has 0 unspecified atom stereocenters. The molecule has 0 radical (unpaired) electrons. The number of ketones is 1. The highest BCUT2D eigenvalue weighted by Crippen LogP contribution is 2.26. The van der Waals surface area contributed by atoms with Crippen LogP contribution in [0, 0.1) is 0 Å². The number of morpholine rings is 1. The molecule has 1 fully saturated rings. The van der Waals surface area contributed by atoms with Crippen molar-refractivity contribution < 1.29 is 14.3 Å². The zero-order chi connectivity index (χ0) is 18.8. The van der Waals surface area contributed by atoms with Crippen LogP contribution in [0.15, 0.2) is 23.4 Å². The van der Waals surface area contributed by atoms with Gasteiger partial charge >= 0.3 is 0 Å². The van der Waals surface area contributed by atoms with Gasteiger partial charge in [0.2, 0.25) is 11.9 Å². The van der Waals surface area contributed by atoms with E-state index in [1.54, 1.807) is 18.2 Å². The van der Waals surface area contributed by atoms with Gasteiger partial charge in [-0.1, -0.05) is 11.8 Å². The average Bonchev–Trinajstić information content (AvgIpc) is 3.27. The van der Waals surface area contributed by atoms with Crippen LogP contribution in [0.1, 0.15) is 22.8 Å². The summed E-state index contributed by atoms with van der Waals surface area (Å²) in [5.41, 5.74) is 2.29. The van der Waals surface area contributed by atoms with Crippen LogP contribution in [0.4, 0.5) is 11.6 Å². The van der Waals surface area contributed by atoms with E-state index in [1.165, 1.54) is 11.8 Å². The van der Waals surface area contributed by atoms with Gasteiger partial charge in [-0.05, 0) is 30.7 Å². The number of carbonyl (C=O) groups excluding carboxylic acids is 2. The first-order valence-corrected chi connectivity index (χ1v) is 9.99. The quantitative estimate of drug-likeness (QED) is 0.595. The summed E-state index contributed by atoms with van der Waals surface area (Å²) in [4.78, 5) is 26.2. The van der Waals surface area contributed by atoms with Gasteiger partial charge in [-0.15, -0.1) is 10.2 Å². The zero-order valence-electron chi connectivity index (χ0n) is 15.1. The summed E-state index contributed by atoms with van der Waals surface area (Å²) >= 11 is 1.39. The van der Waals surface area contributed by atoms with Crippen molar-refractivity contribution in [2.75, 3.05) is 42.3 Å². The Morgan fingerprint density at radius 3 is 2.89 bits per heavy atom. The minimum atomic E-state index is -0.0318. The van der Waals surface area contributed by atoms with E-state index in [0.717, 1.165) is 42.0 Å². The minimum absolute atomic E-state index is 0.0146. The van der Waals surface area contributed by atoms with Gasteiger partial charge in [0, 0.05) is 30.9 Å². The molecule has 2 aliphatic rings. The normalized spacial score (nSPS) is 16.3. The third-order valence-electron chi connectivity index (χ3n) is 4.69. The Morgan fingerprint density at radius 2 is 2.11 bits per heavy atom. The van der Waals surface area contributed by atoms with Crippen LogP contribution >= 0.6 is 11.8 Å². The van der Waals surface area contributed by atoms with E-state index in [4.69, 9.17) is 4.74 Å². The molecule has 4 rings (SSSR count). The van der Waals surface area contributed by atoms with Crippen molar-refractivity contribution in [3.63, 3.8) is 0 Å². The first kappa shape index (κ1) is 18.0. The number of carbonyl (C=O) groups is 2. The molecule has 27 heavy (non-hydrogen) atoms. The molecule has 9 heteroatoms. The van der Waals surface area contributed by atoms with E-state index in [2.05, 4.69) is 20.4 Å². The molecule has 0 spiro atoms. The molecule has 1 N–H and O–H groups in total. The van der Waals surface area contributed by atoms with Gasteiger partial charge in [0.15, 0.2) is 10.9 Å². The van der Waals surface area contributed by atoms with Gasteiger partial charge in [0.25, 0.3) is 0 Å². The highest BCUT2D eigenvalue weighted by Gasteiger charge is 2.22. The molecule has 2 aliphatic heterocycles. The Labute approximate surface area is 161 Å². The molecule has 0 aliphatic carbocycles. The van der Waals surface area contributed by atoms with Crippen molar-refractivity contribution in [1.29, 1.82) is 0 Å². The summed E-state index contributed by atoms with van der Waals surface area (Å²) in [6, 6.07) is 5.36. The van der Waals surface area contributed by atoms with Crippen molar-refractivity contribution in [3.8, 4) is 0 Å². The number of rotatable bonds is 6. The van der Waals surface area contributed by atoms with Crippen molar-refractivity contribution in [2.24, 2.45) is 0 Å². The van der Waals surface area contributed by atoms with Gasteiger partial charge in [0.05, 0.1) is 25.4 Å². The van der Waals surface area contributed by atoms with Crippen LogP contribution in [-0.4, -0.2) is 58.5 Å². The highest BCUT2D eigenvalue weighted by molar-refractivity contribution is 7.99. The van der Waals surface area contributed by atoms with Gasteiger partial charge in [-0.2, -0.15) is 0 Å². The molecular weight excluding hydrogens is 366 g/mol. The summed E-state index contributed by atoms with van der Waals surface area (Å²) in [6.07, 6.45) is 0.330. The molecule has 0 bridgehead atoms. The molecule has 1 aromatic carbocycles. The predicted octanol–water partition coefficient (Wildman–Crippen LogP) is 1.60. The fraction of sp³-hybridized carbons (Fsp3) is 0.444. The third kappa shape index (κ3) is 3.70. The van der Waals surface area contributed by atoms with Crippen LogP contribution in [-0.2, 0) is 22.5 Å². The van der Waals surface area contributed by atoms with Gasteiger partial charge in [-0.3, -0.25) is 14.2 Å². The smallest absolute Gasteiger partial charge is 0.228 e. The molecule has 142 valence electrons. The first-order valence-electron chi connectivity index (χ1n) is 9.00. The second kappa shape index (κ2) is 7.69. The average molecular weight is 387 g/mol. The number of hydrogen-bond acceptors (Lipinski definition) is 7. The largest absolute Gasteiger partial charge is 0.378 e. The van der Waals surface area contributed by atoms with E-state index in [-0.39, 0.29) is 17.4 Å². The van der Waals surface area contributed by atoms with Crippen LogP contribution < -0.4 is 10.2 Å². The number of thioether (sulfide) groups is 1. The molecular formula is C18H21N5O3S. The number of aromatic nitrogens is 3. The van der Waals surface area contributed by atoms with E-state index in [0.29, 0.717) is 25.2 Å². The number of amides is 1. The monoisotopic (exact) mass is 387 g/mol. The van der Waals surface area contributed by atoms with E-state index >= 15 is 0 Å². The van der Waals surface area contributed by atoms with Crippen LogP contribution in [0.3, 0.4) is 0 Å². The number of nitrogens with zero attached hydrogens (tertiary/aromatic N) is 4. The van der Waals surface area contributed by atoms with E-state index in [1.807, 2.05) is 11.5 Å². The zero-order valence-corrected chi connectivity index (χ0v) is 15.9. The van der Waals surface area contributed by atoms with Crippen molar-refractivity contribution >= 4 is 35.1 Å². The summed E-state index contributed by atoms with van der Waals surface area (Å²) in [7, 11) is 0. The Kier molecular flexibility index (Phi) is 5.13. The molecule has 1 saturated heterocycles. The van der Waals surface area contributed by atoms with Crippen molar-refractivity contribution in [1.82, 2.24) is 14.8 Å². The Hall–Kier alpha value is -2.39. The molecule has 1 aromatic heterocycles. The maximum absolute atomic E-state index is 12.6. The van der Waals surface area contributed by atoms with Gasteiger partial charge in [-0.25, -0.2) is 0 Å². The fourth-order valence-electron chi connectivity index (χ4n) is 3.28. The standard InChI is InChI=1S/C18H21N5O3S/c1-2-23-17(22-5-7-26-8-6-22)20-21-18(23)27-11-15(24)12-3-4-14-13(9-12)10-16(25)19-14/h3-4,9H,2,5-8,10-11H2,1H3,(H,19,25). The lowest BCUT2D eigenvalue weighted by molar-refractivity contribution is -0.115. The Bertz CT molecular complexity index is 876. The molecule has 0 atom stereocenters. The summed E-state index contributed by atoms with van der Waals surface area (Å²) in [5, 5.41) is 12.1. The maximum atomic E-state index is 12.6. The van der Waals surface area contributed by atoms with Crippen LogP contribution in [0.5, 0.6) is 0 Å². The second-order valence-electron chi connectivity index (χ2n) is 6.43. The SMILES string of the molecule is CCn1c(SCC(=O)c2ccc3c(c2)CC(=O)N3)nnc1N1CCOCC1. The third-order valence-corrected chi connectivity index (χ3v) is 5.66. The lowest BCUT2D eigenvalue weighted by atomic mass is 10.1. The number of fused-ring (bicyclic) bond motifs is 1. The number of hydrogen-bond donors (Lipinski definition) is 1. The lowest BCUT2D eigenvalue weighted by Gasteiger charge is -2.27. The van der Waals surface area contributed by atoms with E-state index in [9.17, 15) is 9.59 Å². The molecule has 0 saturated carbocycles. The number of anilines is 2. The maximum Gasteiger partial charge on any atom is 0.228 e. The minimum Gasteiger partial charge on any atom is -0.378 e. The summed E-state index contributed by atoms with van der Waals surface area (Å²) in [6.45, 7) is 5.75. The topological polar surface area (TPSA) is 89.3 Å². The van der Waals surface area contributed by atoms with Gasteiger partial charge < -0.3 is 15.0 Å². The fourth-order valence-corrected chi connectivity index (χ4v) is 4.17. The predicted molar refractivity (Wildman–Crippen MR) is 103 cm³/mol. The Morgan fingerprint density at radius 1 is 1.30 bits per heavy atom. The van der Waals surface area contributed by atoms with Crippen molar-refractivity contribution in [2.45, 2.75) is 25.0 Å². The van der Waals surface area contributed by atoms with Crippen molar-refractivity contribution in [3.05, 3.63) is 29.3 Å². The summed E-state index contributed by atoms with van der Waals surface area (Å²) in [5.74, 6) is 1.09. The number of benzene rings is 1. The number of ether oxygens (including phenoxy) is 1. The molecule has 1 amide bonds. The second-order valence-corrected chi connectivity index (χ2v) is 7.38. The molecule has 2 aromatic rings. The van der Waals surface area contributed by atoms with Gasteiger partial charge in [0.1, 0.15) is 0 Å². The van der Waals surface area contributed by atoms with Crippen LogP contribution in [0.2, 0.25) is 0 Å². The lowest BCUT2D eigenvalue weighted by Crippen LogP contribution is -2.38. The van der Waals surface area contributed by atoms with E-state index < -0.39 is 0 Å². The molecule has 8 nitrogen and oxygen atoms in total. The summed E-state index contributed by atoms with van der Waals surface area (Å²) < 4.78 is 7.43. The molecule has 3 heterocycles. The Balaban J connectivity index is 1.44. The first-order chi connectivity index (χ1) is 13.2. The number of Topliss-reactive ketones (excluding diaryl/α,β-unsaturated/α-hetero) is 1. The van der Waals surface area contributed by atoms with Crippen LogP contribution in [0.25, 0.3) is 0 Å².